The maximum atomic E-state index is 12.9. The number of hydrogen-bond donors (Lipinski definition) is 2. The molecule has 0 saturated carbocycles. The maximum absolute atomic E-state index is 12.9. The normalized spacial score (nSPS) is 13.6. The SMILES string of the molecule is CC(NCCCS(N)(=O)=O)c1cccc(F)c1. The number of sulfonamides is 1. The Kier molecular flexibility index (Phi) is 5.04. The Balaban J connectivity index is 2.38. The van der Waals surface area contributed by atoms with Crippen molar-refractivity contribution < 1.29 is 12.8 Å². The van der Waals surface area contributed by atoms with Crippen LogP contribution in [0.15, 0.2) is 24.3 Å². The highest BCUT2D eigenvalue weighted by Gasteiger charge is 2.06. The zero-order valence-corrected chi connectivity index (χ0v) is 10.5. The van der Waals surface area contributed by atoms with Gasteiger partial charge in [-0.1, -0.05) is 12.1 Å². The molecule has 0 saturated heterocycles. The molecule has 0 aliphatic carbocycles. The average Bonchev–Trinajstić information content (AvgIpc) is 2.23. The lowest BCUT2D eigenvalue weighted by Crippen LogP contribution is -2.24. The van der Waals surface area contributed by atoms with Gasteiger partial charge in [-0.3, -0.25) is 0 Å². The Hall–Kier alpha value is -0.980. The van der Waals surface area contributed by atoms with Gasteiger partial charge in [0.2, 0.25) is 10.0 Å². The highest BCUT2D eigenvalue weighted by atomic mass is 32.2. The fourth-order valence-electron chi connectivity index (χ4n) is 1.49. The van der Waals surface area contributed by atoms with Crippen LogP contribution in [0, 0.1) is 5.82 Å². The number of benzene rings is 1. The van der Waals surface area contributed by atoms with E-state index in [0.29, 0.717) is 13.0 Å². The van der Waals surface area contributed by atoms with Crippen molar-refractivity contribution in [2.24, 2.45) is 5.14 Å². The topological polar surface area (TPSA) is 72.2 Å². The molecule has 3 N–H and O–H groups in total. The molecule has 17 heavy (non-hydrogen) atoms. The van der Waals surface area contributed by atoms with Crippen LogP contribution < -0.4 is 10.5 Å². The Labute approximate surface area is 101 Å². The average molecular weight is 260 g/mol. The molecular weight excluding hydrogens is 243 g/mol. The maximum Gasteiger partial charge on any atom is 0.209 e. The molecule has 0 spiro atoms. The zero-order valence-electron chi connectivity index (χ0n) is 9.69. The van der Waals surface area contributed by atoms with Crippen molar-refractivity contribution >= 4 is 10.0 Å². The molecule has 1 unspecified atom stereocenters. The van der Waals surface area contributed by atoms with Crippen molar-refractivity contribution in [3.8, 4) is 0 Å². The van der Waals surface area contributed by atoms with E-state index in [1.807, 2.05) is 13.0 Å². The summed E-state index contributed by atoms with van der Waals surface area (Å²) >= 11 is 0. The van der Waals surface area contributed by atoms with Crippen molar-refractivity contribution in [3.63, 3.8) is 0 Å². The van der Waals surface area contributed by atoms with Crippen molar-refractivity contribution in [1.82, 2.24) is 5.32 Å². The summed E-state index contributed by atoms with van der Waals surface area (Å²) in [4.78, 5) is 0. The minimum Gasteiger partial charge on any atom is -0.310 e. The molecule has 0 heterocycles. The van der Waals surface area contributed by atoms with Crippen LogP contribution in [0.2, 0.25) is 0 Å². The first kappa shape index (κ1) is 14.1. The molecule has 1 aromatic carbocycles. The monoisotopic (exact) mass is 260 g/mol. The van der Waals surface area contributed by atoms with Crippen LogP contribution in [0.1, 0.15) is 24.9 Å². The van der Waals surface area contributed by atoms with Gasteiger partial charge in [0.25, 0.3) is 0 Å². The van der Waals surface area contributed by atoms with Crippen LogP contribution >= 0.6 is 0 Å². The molecule has 4 nitrogen and oxygen atoms in total. The summed E-state index contributed by atoms with van der Waals surface area (Å²) in [5.74, 6) is -0.323. The Bertz CT molecular complexity index is 462. The third kappa shape index (κ3) is 5.76. The minimum absolute atomic E-state index is 0.0221. The van der Waals surface area contributed by atoms with Gasteiger partial charge in [0.15, 0.2) is 0 Å². The third-order valence-corrected chi connectivity index (χ3v) is 3.26. The van der Waals surface area contributed by atoms with Crippen molar-refractivity contribution in [3.05, 3.63) is 35.6 Å². The molecule has 0 aromatic heterocycles. The smallest absolute Gasteiger partial charge is 0.209 e. The first-order chi connectivity index (χ1) is 7.88. The molecule has 96 valence electrons. The summed E-state index contributed by atoms with van der Waals surface area (Å²) in [6.07, 6.45) is 0.443. The fourth-order valence-corrected chi connectivity index (χ4v) is 2.03. The van der Waals surface area contributed by atoms with E-state index in [4.69, 9.17) is 5.14 Å². The van der Waals surface area contributed by atoms with Gasteiger partial charge in [-0.2, -0.15) is 0 Å². The highest BCUT2D eigenvalue weighted by Crippen LogP contribution is 2.13. The molecule has 0 fully saturated rings. The number of rotatable bonds is 6. The second-order valence-corrected chi connectivity index (χ2v) is 5.69. The minimum atomic E-state index is -3.39. The molecule has 1 aromatic rings. The fraction of sp³-hybridized carbons (Fsp3) is 0.455. The molecule has 0 amide bonds. The lowest BCUT2D eigenvalue weighted by Gasteiger charge is -2.13. The van der Waals surface area contributed by atoms with Crippen LogP contribution in [0.25, 0.3) is 0 Å². The number of hydrogen-bond acceptors (Lipinski definition) is 3. The van der Waals surface area contributed by atoms with Gasteiger partial charge in [0, 0.05) is 6.04 Å². The quantitative estimate of drug-likeness (QED) is 0.754. The molecule has 1 atom stereocenters. The number of nitrogens with one attached hydrogen (secondary N) is 1. The standard InChI is InChI=1S/C11H17FN2O2S/c1-9(10-4-2-5-11(12)8-10)14-6-3-7-17(13,15)16/h2,4-5,8-9,14H,3,6-7H2,1H3,(H2,13,15,16). The van der Waals surface area contributed by atoms with Gasteiger partial charge < -0.3 is 5.32 Å². The second-order valence-electron chi connectivity index (χ2n) is 3.95. The summed E-state index contributed by atoms with van der Waals surface area (Å²) in [6, 6.07) is 6.29. The van der Waals surface area contributed by atoms with E-state index < -0.39 is 10.0 Å². The zero-order chi connectivity index (χ0) is 12.9. The number of nitrogens with two attached hydrogens (primary N) is 1. The van der Waals surface area contributed by atoms with Gasteiger partial charge in [0.05, 0.1) is 5.75 Å². The van der Waals surface area contributed by atoms with E-state index in [9.17, 15) is 12.8 Å². The van der Waals surface area contributed by atoms with E-state index in [1.165, 1.54) is 12.1 Å². The second kappa shape index (κ2) is 6.09. The van der Waals surface area contributed by atoms with Crippen LogP contribution in [-0.4, -0.2) is 20.7 Å². The first-order valence-electron chi connectivity index (χ1n) is 5.38. The predicted octanol–water partition coefficient (Wildman–Crippen LogP) is 1.15. The molecule has 6 heteroatoms. The summed E-state index contributed by atoms with van der Waals surface area (Å²) < 4.78 is 34.3. The van der Waals surface area contributed by atoms with Crippen LogP contribution in [0.4, 0.5) is 4.39 Å². The number of halogens is 1. The summed E-state index contributed by atoms with van der Waals surface area (Å²) in [7, 11) is -3.39. The van der Waals surface area contributed by atoms with E-state index in [1.54, 1.807) is 6.07 Å². The first-order valence-corrected chi connectivity index (χ1v) is 7.09. The molecule has 0 aliphatic rings. The van der Waals surface area contributed by atoms with Crippen molar-refractivity contribution in [2.75, 3.05) is 12.3 Å². The van der Waals surface area contributed by atoms with E-state index >= 15 is 0 Å². The molecule has 0 bridgehead atoms. The summed E-state index contributed by atoms with van der Waals surface area (Å²) in [5, 5.41) is 7.99. The van der Waals surface area contributed by atoms with Crippen LogP contribution in [0.3, 0.4) is 0 Å². The van der Waals surface area contributed by atoms with Gasteiger partial charge in [-0.15, -0.1) is 0 Å². The summed E-state index contributed by atoms with van der Waals surface area (Å²) in [5.41, 5.74) is 0.834. The Morgan fingerprint density at radius 2 is 2.18 bits per heavy atom. The van der Waals surface area contributed by atoms with E-state index in [2.05, 4.69) is 5.32 Å². The highest BCUT2D eigenvalue weighted by molar-refractivity contribution is 7.89. The summed E-state index contributed by atoms with van der Waals surface area (Å²) in [6.45, 7) is 2.42. The largest absolute Gasteiger partial charge is 0.310 e. The molecule has 0 aliphatic heterocycles. The van der Waals surface area contributed by atoms with Gasteiger partial charge in [-0.05, 0) is 37.6 Å². The Morgan fingerprint density at radius 1 is 1.47 bits per heavy atom. The van der Waals surface area contributed by atoms with E-state index in [0.717, 1.165) is 5.56 Å². The van der Waals surface area contributed by atoms with Crippen LogP contribution in [-0.2, 0) is 10.0 Å². The van der Waals surface area contributed by atoms with Gasteiger partial charge in [0.1, 0.15) is 5.82 Å². The van der Waals surface area contributed by atoms with Crippen LogP contribution in [0.5, 0.6) is 0 Å². The predicted molar refractivity (Wildman–Crippen MR) is 65.4 cm³/mol. The lowest BCUT2D eigenvalue weighted by molar-refractivity contribution is 0.555. The Morgan fingerprint density at radius 3 is 2.76 bits per heavy atom. The van der Waals surface area contributed by atoms with Crippen molar-refractivity contribution in [2.45, 2.75) is 19.4 Å². The lowest BCUT2D eigenvalue weighted by atomic mass is 10.1. The molecule has 1 rings (SSSR count). The molecular formula is C11H17FN2O2S. The third-order valence-electron chi connectivity index (χ3n) is 2.40. The van der Waals surface area contributed by atoms with Gasteiger partial charge >= 0.3 is 0 Å². The van der Waals surface area contributed by atoms with E-state index in [-0.39, 0.29) is 17.6 Å². The van der Waals surface area contributed by atoms with Gasteiger partial charge in [-0.25, -0.2) is 17.9 Å². The molecule has 0 radical (unpaired) electrons. The van der Waals surface area contributed by atoms with Crippen molar-refractivity contribution in [1.29, 1.82) is 0 Å². The number of primary sulfonamides is 1.